The lowest BCUT2D eigenvalue weighted by Crippen LogP contribution is -2.37. The van der Waals surface area contributed by atoms with E-state index in [2.05, 4.69) is 15.2 Å². The Bertz CT molecular complexity index is 318. The van der Waals surface area contributed by atoms with Gasteiger partial charge in [-0.2, -0.15) is 5.10 Å². The molecule has 0 aliphatic heterocycles. The van der Waals surface area contributed by atoms with Gasteiger partial charge >= 0.3 is 0 Å². The Kier molecular flexibility index (Phi) is 3.44. The Morgan fingerprint density at radius 2 is 2.27 bits per heavy atom. The van der Waals surface area contributed by atoms with E-state index in [4.69, 9.17) is 0 Å². The van der Waals surface area contributed by atoms with Gasteiger partial charge < -0.3 is 4.90 Å². The Labute approximate surface area is 89.9 Å². The van der Waals surface area contributed by atoms with Crippen LogP contribution in [0.4, 0.5) is 0 Å². The third kappa shape index (κ3) is 2.78. The standard InChI is InChI=1S/C10H18N4O/c1-5-10(2,3)9(15)14(4)6-8-11-7-12-13-8/h7H,5-6H2,1-4H3,(H,11,12,13). The topological polar surface area (TPSA) is 61.9 Å². The fourth-order valence-corrected chi connectivity index (χ4v) is 1.27. The molecule has 0 fully saturated rings. The molecule has 0 radical (unpaired) electrons. The van der Waals surface area contributed by atoms with E-state index in [1.165, 1.54) is 6.33 Å². The fourth-order valence-electron chi connectivity index (χ4n) is 1.27. The number of H-pyrrole nitrogens is 1. The lowest BCUT2D eigenvalue weighted by Gasteiger charge is -2.27. The summed E-state index contributed by atoms with van der Waals surface area (Å²) in [6.07, 6.45) is 2.27. The second kappa shape index (κ2) is 4.42. The minimum atomic E-state index is -0.311. The predicted molar refractivity (Wildman–Crippen MR) is 56.9 cm³/mol. The molecular formula is C10H18N4O. The van der Waals surface area contributed by atoms with Crippen molar-refractivity contribution in [1.82, 2.24) is 20.1 Å². The molecule has 0 aromatic carbocycles. The molecule has 15 heavy (non-hydrogen) atoms. The van der Waals surface area contributed by atoms with Crippen LogP contribution < -0.4 is 0 Å². The summed E-state index contributed by atoms with van der Waals surface area (Å²) in [5, 5.41) is 6.48. The van der Waals surface area contributed by atoms with Crippen molar-refractivity contribution in [2.45, 2.75) is 33.7 Å². The van der Waals surface area contributed by atoms with E-state index in [9.17, 15) is 4.79 Å². The molecule has 0 atom stereocenters. The first kappa shape index (κ1) is 11.7. The molecule has 0 aliphatic carbocycles. The number of carbonyl (C=O) groups is 1. The monoisotopic (exact) mass is 210 g/mol. The summed E-state index contributed by atoms with van der Waals surface area (Å²) >= 11 is 0. The molecule has 1 aromatic heterocycles. The summed E-state index contributed by atoms with van der Waals surface area (Å²) in [5.74, 6) is 0.833. The summed E-state index contributed by atoms with van der Waals surface area (Å²) in [6.45, 7) is 6.39. The third-order valence-electron chi connectivity index (χ3n) is 2.66. The number of nitrogens with zero attached hydrogens (tertiary/aromatic N) is 3. The molecular weight excluding hydrogens is 192 g/mol. The number of amides is 1. The van der Waals surface area contributed by atoms with E-state index < -0.39 is 0 Å². The van der Waals surface area contributed by atoms with Crippen molar-refractivity contribution in [1.29, 1.82) is 0 Å². The molecule has 0 spiro atoms. The Morgan fingerprint density at radius 3 is 2.73 bits per heavy atom. The molecule has 0 aliphatic rings. The highest BCUT2D eigenvalue weighted by molar-refractivity contribution is 5.81. The lowest BCUT2D eigenvalue weighted by atomic mass is 9.89. The van der Waals surface area contributed by atoms with E-state index in [-0.39, 0.29) is 11.3 Å². The zero-order chi connectivity index (χ0) is 11.5. The first-order valence-corrected chi connectivity index (χ1v) is 5.07. The maximum Gasteiger partial charge on any atom is 0.228 e. The van der Waals surface area contributed by atoms with Gasteiger partial charge in [0.2, 0.25) is 5.91 Å². The maximum absolute atomic E-state index is 12.0. The van der Waals surface area contributed by atoms with Crippen LogP contribution in [0.25, 0.3) is 0 Å². The number of rotatable bonds is 4. The van der Waals surface area contributed by atoms with Crippen LogP contribution in [-0.2, 0) is 11.3 Å². The van der Waals surface area contributed by atoms with Gasteiger partial charge in [0.05, 0.1) is 6.54 Å². The van der Waals surface area contributed by atoms with Gasteiger partial charge in [0.15, 0.2) is 0 Å². The number of carbonyl (C=O) groups excluding carboxylic acids is 1. The van der Waals surface area contributed by atoms with Crippen molar-refractivity contribution in [3.63, 3.8) is 0 Å². The average molecular weight is 210 g/mol. The molecule has 1 amide bonds. The summed E-state index contributed by atoms with van der Waals surface area (Å²) in [5.41, 5.74) is -0.311. The number of hydrogen-bond acceptors (Lipinski definition) is 3. The van der Waals surface area contributed by atoms with Crippen LogP contribution >= 0.6 is 0 Å². The second-order valence-electron chi connectivity index (χ2n) is 4.33. The molecule has 0 saturated heterocycles. The lowest BCUT2D eigenvalue weighted by molar-refractivity contribution is -0.139. The minimum absolute atomic E-state index is 0.126. The minimum Gasteiger partial charge on any atom is -0.338 e. The van der Waals surface area contributed by atoms with E-state index in [0.29, 0.717) is 12.4 Å². The Hall–Kier alpha value is -1.39. The van der Waals surface area contributed by atoms with Gasteiger partial charge in [-0.3, -0.25) is 9.89 Å². The van der Waals surface area contributed by atoms with Crippen LogP contribution in [0, 0.1) is 5.41 Å². The summed E-state index contributed by atoms with van der Waals surface area (Å²) in [6, 6.07) is 0. The van der Waals surface area contributed by atoms with Crippen molar-refractivity contribution in [3.8, 4) is 0 Å². The molecule has 84 valence electrons. The highest BCUT2D eigenvalue weighted by atomic mass is 16.2. The van der Waals surface area contributed by atoms with Crippen molar-refractivity contribution in [3.05, 3.63) is 12.2 Å². The molecule has 1 rings (SSSR count). The van der Waals surface area contributed by atoms with Crippen molar-refractivity contribution in [2.24, 2.45) is 5.41 Å². The van der Waals surface area contributed by atoms with Crippen LogP contribution in [0.1, 0.15) is 33.0 Å². The third-order valence-corrected chi connectivity index (χ3v) is 2.66. The zero-order valence-corrected chi connectivity index (χ0v) is 9.74. The zero-order valence-electron chi connectivity index (χ0n) is 9.74. The second-order valence-corrected chi connectivity index (χ2v) is 4.33. The van der Waals surface area contributed by atoms with Crippen LogP contribution in [0.3, 0.4) is 0 Å². The number of aromatic nitrogens is 3. The van der Waals surface area contributed by atoms with Crippen LogP contribution in [0.15, 0.2) is 6.33 Å². The van der Waals surface area contributed by atoms with E-state index in [1.807, 2.05) is 20.8 Å². The van der Waals surface area contributed by atoms with E-state index >= 15 is 0 Å². The molecule has 0 saturated carbocycles. The molecule has 0 bridgehead atoms. The fraction of sp³-hybridized carbons (Fsp3) is 0.700. The quantitative estimate of drug-likeness (QED) is 0.812. The highest BCUT2D eigenvalue weighted by Crippen LogP contribution is 2.22. The van der Waals surface area contributed by atoms with Gasteiger partial charge in [-0.15, -0.1) is 0 Å². The van der Waals surface area contributed by atoms with Crippen LogP contribution in [0.5, 0.6) is 0 Å². The van der Waals surface area contributed by atoms with Gasteiger partial charge in [0.25, 0.3) is 0 Å². The van der Waals surface area contributed by atoms with Gasteiger partial charge in [0, 0.05) is 12.5 Å². The molecule has 1 heterocycles. The van der Waals surface area contributed by atoms with Gasteiger partial charge in [0.1, 0.15) is 12.2 Å². The molecule has 1 aromatic rings. The Balaban J connectivity index is 2.61. The maximum atomic E-state index is 12.0. The SMILES string of the molecule is CCC(C)(C)C(=O)N(C)Cc1ncn[nH]1. The Morgan fingerprint density at radius 1 is 1.60 bits per heavy atom. The van der Waals surface area contributed by atoms with Crippen molar-refractivity contribution >= 4 is 5.91 Å². The average Bonchev–Trinajstić information content (AvgIpc) is 2.69. The van der Waals surface area contributed by atoms with Gasteiger partial charge in [-0.25, -0.2) is 4.98 Å². The first-order valence-electron chi connectivity index (χ1n) is 5.07. The normalized spacial score (nSPS) is 11.5. The van der Waals surface area contributed by atoms with Crippen LogP contribution in [0.2, 0.25) is 0 Å². The summed E-state index contributed by atoms with van der Waals surface area (Å²) < 4.78 is 0. The van der Waals surface area contributed by atoms with Crippen molar-refractivity contribution in [2.75, 3.05) is 7.05 Å². The van der Waals surface area contributed by atoms with E-state index in [0.717, 1.165) is 6.42 Å². The summed E-state index contributed by atoms with van der Waals surface area (Å²) in [7, 11) is 1.78. The molecule has 5 heteroatoms. The summed E-state index contributed by atoms with van der Waals surface area (Å²) in [4.78, 5) is 17.6. The highest BCUT2D eigenvalue weighted by Gasteiger charge is 2.28. The van der Waals surface area contributed by atoms with Gasteiger partial charge in [-0.1, -0.05) is 20.8 Å². The van der Waals surface area contributed by atoms with Crippen molar-refractivity contribution < 1.29 is 4.79 Å². The van der Waals surface area contributed by atoms with Gasteiger partial charge in [-0.05, 0) is 6.42 Å². The first-order chi connectivity index (χ1) is 6.97. The number of hydrogen-bond donors (Lipinski definition) is 1. The largest absolute Gasteiger partial charge is 0.338 e. The predicted octanol–water partition coefficient (Wildman–Crippen LogP) is 1.20. The van der Waals surface area contributed by atoms with Crippen LogP contribution in [-0.4, -0.2) is 33.0 Å². The molecule has 0 unspecified atom stereocenters. The smallest absolute Gasteiger partial charge is 0.228 e. The molecule has 1 N–H and O–H groups in total. The number of nitrogens with one attached hydrogen (secondary N) is 1. The molecule has 5 nitrogen and oxygen atoms in total. The van der Waals surface area contributed by atoms with E-state index in [1.54, 1.807) is 11.9 Å². The number of aromatic amines is 1.